The van der Waals surface area contributed by atoms with Gasteiger partial charge in [-0.3, -0.25) is 0 Å². The first-order chi connectivity index (χ1) is 7.16. The predicted octanol–water partition coefficient (Wildman–Crippen LogP) is 2.75. The van der Waals surface area contributed by atoms with Gasteiger partial charge < -0.3 is 10.4 Å². The van der Waals surface area contributed by atoms with Crippen LogP contribution < -0.4 is 5.32 Å². The van der Waals surface area contributed by atoms with Gasteiger partial charge in [0.1, 0.15) is 0 Å². The van der Waals surface area contributed by atoms with Gasteiger partial charge in [0.25, 0.3) is 0 Å². The molecule has 0 bridgehead atoms. The molecule has 0 aromatic heterocycles. The molecule has 1 aromatic carbocycles. The molecule has 0 amide bonds. The second kappa shape index (κ2) is 4.23. The number of hydrogen-bond donors (Lipinski definition) is 2. The second-order valence-corrected chi connectivity index (χ2v) is 4.67. The third-order valence-corrected chi connectivity index (χ3v) is 3.17. The summed E-state index contributed by atoms with van der Waals surface area (Å²) in [5.41, 5.74) is 2.47. The molecule has 1 saturated carbocycles. The third-order valence-electron chi connectivity index (χ3n) is 3.17. The van der Waals surface area contributed by atoms with Crippen LogP contribution in [-0.4, -0.2) is 17.3 Å². The Morgan fingerprint density at radius 2 is 1.87 bits per heavy atom. The maximum Gasteiger partial charge on any atom is 0.0741 e. The zero-order valence-electron chi connectivity index (χ0n) is 9.40. The third kappa shape index (κ3) is 2.32. The zero-order chi connectivity index (χ0) is 10.8. The van der Waals surface area contributed by atoms with Gasteiger partial charge in [-0.1, -0.05) is 26.0 Å². The Balaban J connectivity index is 1.98. The predicted molar refractivity (Wildman–Crippen MR) is 63.2 cm³/mol. The molecule has 2 rings (SSSR count). The van der Waals surface area contributed by atoms with Crippen LogP contribution in [0.5, 0.6) is 0 Å². The maximum atomic E-state index is 9.45. The monoisotopic (exact) mass is 205 g/mol. The van der Waals surface area contributed by atoms with Crippen LogP contribution in [0.3, 0.4) is 0 Å². The minimum Gasteiger partial charge on any atom is -0.391 e. The van der Waals surface area contributed by atoms with Crippen molar-refractivity contribution in [2.75, 3.05) is 5.32 Å². The van der Waals surface area contributed by atoms with Gasteiger partial charge in [0.05, 0.1) is 12.1 Å². The van der Waals surface area contributed by atoms with E-state index in [0.717, 1.165) is 18.5 Å². The minimum absolute atomic E-state index is 0.158. The first-order valence-electron chi connectivity index (χ1n) is 5.71. The normalized spacial score (nSPS) is 25.1. The lowest BCUT2D eigenvalue weighted by Crippen LogP contribution is -2.42. The summed E-state index contributed by atoms with van der Waals surface area (Å²) in [4.78, 5) is 0. The molecule has 2 atom stereocenters. The van der Waals surface area contributed by atoms with Gasteiger partial charge in [0.2, 0.25) is 0 Å². The summed E-state index contributed by atoms with van der Waals surface area (Å²) in [6, 6.07) is 8.76. The number of nitrogens with one attached hydrogen (secondary N) is 1. The molecule has 0 heterocycles. The largest absolute Gasteiger partial charge is 0.391 e. The SMILES string of the molecule is CC(C)c1ccc(N[C@@H]2CC[C@H]2O)cc1. The lowest BCUT2D eigenvalue weighted by Gasteiger charge is -2.33. The van der Waals surface area contributed by atoms with Gasteiger partial charge in [0, 0.05) is 5.69 Å². The van der Waals surface area contributed by atoms with Crippen molar-refractivity contribution >= 4 is 5.69 Å². The fourth-order valence-electron chi connectivity index (χ4n) is 1.83. The van der Waals surface area contributed by atoms with E-state index >= 15 is 0 Å². The van der Waals surface area contributed by atoms with E-state index in [2.05, 4.69) is 43.4 Å². The molecule has 2 nitrogen and oxygen atoms in total. The fourth-order valence-corrected chi connectivity index (χ4v) is 1.83. The Morgan fingerprint density at radius 3 is 2.27 bits per heavy atom. The van der Waals surface area contributed by atoms with E-state index in [1.54, 1.807) is 0 Å². The Kier molecular flexibility index (Phi) is 2.96. The quantitative estimate of drug-likeness (QED) is 0.795. The van der Waals surface area contributed by atoms with Crippen LogP contribution in [0.25, 0.3) is 0 Å². The standard InChI is InChI=1S/C13H19NO/c1-9(2)10-3-5-11(6-4-10)14-12-7-8-13(12)15/h3-6,9,12-15H,7-8H2,1-2H3/t12-,13-/m1/s1. The molecule has 82 valence electrons. The minimum atomic E-state index is -0.158. The van der Waals surface area contributed by atoms with Crippen molar-refractivity contribution < 1.29 is 5.11 Å². The molecule has 0 saturated heterocycles. The summed E-state index contributed by atoms with van der Waals surface area (Å²) in [5.74, 6) is 0.577. The van der Waals surface area contributed by atoms with Crippen LogP contribution in [0.2, 0.25) is 0 Å². The molecule has 1 fully saturated rings. The molecule has 1 aromatic rings. The average molecular weight is 205 g/mol. The molecule has 1 aliphatic carbocycles. The van der Waals surface area contributed by atoms with Crippen molar-refractivity contribution in [3.05, 3.63) is 29.8 Å². The van der Waals surface area contributed by atoms with E-state index in [1.807, 2.05) is 0 Å². The fraction of sp³-hybridized carbons (Fsp3) is 0.538. The summed E-state index contributed by atoms with van der Waals surface area (Å²) in [6.07, 6.45) is 1.85. The highest BCUT2D eigenvalue weighted by molar-refractivity contribution is 5.46. The lowest BCUT2D eigenvalue weighted by molar-refractivity contribution is 0.0786. The first-order valence-corrected chi connectivity index (χ1v) is 5.71. The molecule has 0 aliphatic heterocycles. The summed E-state index contributed by atoms with van der Waals surface area (Å²) in [6.45, 7) is 4.39. The lowest BCUT2D eigenvalue weighted by atomic mass is 9.89. The van der Waals surface area contributed by atoms with Crippen molar-refractivity contribution in [1.82, 2.24) is 0 Å². The number of hydrogen-bond acceptors (Lipinski definition) is 2. The number of aliphatic hydroxyl groups is 1. The van der Waals surface area contributed by atoms with Crippen molar-refractivity contribution in [2.24, 2.45) is 0 Å². The number of aliphatic hydroxyl groups excluding tert-OH is 1. The van der Waals surface area contributed by atoms with E-state index in [0.29, 0.717) is 5.92 Å². The van der Waals surface area contributed by atoms with Gasteiger partial charge in [-0.2, -0.15) is 0 Å². The molecule has 2 N–H and O–H groups in total. The smallest absolute Gasteiger partial charge is 0.0741 e. The van der Waals surface area contributed by atoms with Gasteiger partial charge in [-0.15, -0.1) is 0 Å². The maximum absolute atomic E-state index is 9.45. The summed E-state index contributed by atoms with van der Waals surface area (Å²) >= 11 is 0. The van der Waals surface area contributed by atoms with Crippen molar-refractivity contribution in [2.45, 2.75) is 44.8 Å². The van der Waals surface area contributed by atoms with Crippen LogP contribution in [0.15, 0.2) is 24.3 Å². The van der Waals surface area contributed by atoms with Gasteiger partial charge in [0.15, 0.2) is 0 Å². The van der Waals surface area contributed by atoms with E-state index in [4.69, 9.17) is 0 Å². The highest BCUT2D eigenvalue weighted by Crippen LogP contribution is 2.25. The van der Waals surface area contributed by atoms with Crippen molar-refractivity contribution in [3.8, 4) is 0 Å². The Hall–Kier alpha value is -1.02. The Morgan fingerprint density at radius 1 is 1.20 bits per heavy atom. The van der Waals surface area contributed by atoms with Crippen molar-refractivity contribution in [1.29, 1.82) is 0 Å². The summed E-state index contributed by atoms with van der Waals surface area (Å²) in [7, 11) is 0. The first kappa shape index (κ1) is 10.5. The zero-order valence-corrected chi connectivity index (χ0v) is 9.40. The van der Waals surface area contributed by atoms with Crippen molar-refractivity contribution in [3.63, 3.8) is 0 Å². The molecule has 0 radical (unpaired) electrons. The van der Waals surface area contributed by atoms with Crippen LogP contribution in [0.4, 0.5) is 5.69 Å². The second-order valence-electron chi connectivity index (χ2n) is 4.67. The molecule has 0 unspecified atom stereocenters. The molecule has 2 heteroatoms. The average Bonchev–Trinajstić information content (AvgIpc) is 2.24. The van der Waals surface area contributed by atoms with Gasteiger partial charge >= 0.3 is 0 Å². The van der Waals surface area contributed by atoms with E-state index < -0.39 is 0 Å². The van der Waals surface area contributed by atoms with E-state index in [1.165, 1.54) is 5.56 Å². The Labute approximate surface area is 91.3 Å². The van der Waals surface area contributed by atoms with Crippen LogP contribution in [0.1, 0.15) is 38.2 Å². The number of rotatable bonds is 3. The number of anilines is 1. The van der Waals surface area contributed by atoms with Crippen LogP contribution >= 0.6 is 0 Å². The molecule has 1 aliphatic rings. The highest BCUT2D eigenvalue weighted by Gasteiger charge is 2.28. The molecule has 15 heavy (non-hydrogen) atoms. The van der Waals surface area contributed by atoms with Gasteiger partial charge in [-0.05, 0) is 36.5 Å². The number of benzene rings is 1. The topological polar surface area (TPSA) is 32.3 Å². The van der Waals surface area contributed by atoms with E-state index in [9.17, 15) is 5.11 Å². The van der Waals surface area contributed by atoms with E-state index in [-0.39, 0.29) is 12.1 Å². The van der Waals surface area contributed by atoms with Crippen LogP contribution in [0, 0.1) is 0 Å². The van der Waals surface area contributed by atoms with Crippen LogP contribution in [-0.2, 0) is 0 Å². The van der Waals surface area contributed by atoms with Gasteiger partial charge in [-0.25, -0.2) is 0 Å². The Bertz CT molecular complexity index is 318. The highest BCUT2D eigenvalue weighted by atomic mass is 16.3. The molecular weight excluding hydrogens is 186 g/mol. The summed E-state index contributed by atoms with van der Waals surface area (Å²) < 4.78 is 0. The molecule has 0 spiro atoms. The molecular formula is C13H19NO. The summed E-state index contributed by atoms with van der Waals surface area (Å²) in [5, 5.41) is 12.8.